The molecule has 0 amide bonds. The molecule has 42 valence electrons. The molecule has 0 aromatic carbocycles. The van der Waals surface area contributed by atoms with Crippen LogP contribution in [0.2, 0.25) is 0 Å². The van der Waals surface area contributed by atoms with E-state index in [1.54, 1.807) is 6.19 Å². The molecular weight excluding hydrogens is 100 g/mol. The average molecular weight is 108 g/mol. The molecule has 0 heterocycles. The second-order valence-corrected chi connectivity index (χ2v) is 1.99. The van der Waals surface area contributed by atoms with Crippen LogP contribution in [0.4, 0.5) is 0 Å². The molecule has 0 bridgehead atoms. The number of hydrogen-bond donors (Lipinski definition) is 0. The minimum absolute atomic E-state index is 1.05. The van der Waals surface area contributed by atoms with Gasteiger partial charge in [-0.25, -0.2) is 0 Å². The summed E-state index contributed by atoms with van der Waals surface area (Å²) in [6.45, 7) is 0. The van der Waals surface area contributed by atoms with Gasteiger partial charge in [-0.2, -0.15) is 10.3 Å². The molecule has 0 saturated heterocycles. The predicted octanol–water partition coefficient (Wildman–Crippen LogP) is 1.48. The number of rotatable bonds is 0. The van der Waals surface area contributed by atoms with Crippen molar-refractivity contribution in [3.63, 3.8) is 0 Å². The molecule has 1 fully saturated rings. The minimum atomic E-state index is 1.05. The van der Waals surface area contributed by atoms with Gasteiger partial charge in [0, 0.05) is 5.71 Å². The van der Waals surface area contributed by atoms with Gasteiger partial charge >= 0.3 is 0 Å². The molecule has 8 heavy (non-hydrogen) atoms. The van der Waals surface area contributed by atoms with Crippen LogP contribution in [-0.4, -0.2) is 5.71 Å². The van der Waals surface area contributed by atoms with Crippen LogP contribution in [0.15, 0.2) is 4.99 Å². The molecule has 1 saturated carbocycles. The van der Waals surface area contributed by atoms with E-state index >= 15 is 0 Å². The van der Waals surface area contributed by atoms with Crippen LogP contribution in [-0.2, 0) is 0 Å². The molecular formula is C6H8N2. The third kappa shape index (κ3) is 1.06. The van der Waals surface area contributed by atoms with Gasteiger partial charge in [0.2, 0.25) is 6.19 Å². The van der Waals surface area contributed by atoms with Crippen molar-refractivity contribution in [3.05, 3.63) is 0 Å². The van der Waals surface area contributed by atoms with Crippen LogP contribution in [0.1, 0.15) is 25.7 Å². The maximum atomic E-state index is 8.09. The van der Waals surface area contributed by atoms with Crippen molar-refractivity contribution >= 4 is 5.71 Å². The third-order valence-corrected chi connectivity index (χ3v) is 1.39. The maximum Gasteiger partial charge on any atom is 0.205 e. The Morgan fingerprint density at radius 3 is 2.50 bits per heavy atom. The van der Waals surface area contributed by atoms with E-state index in [-0.39, 0.29) is 0 Å². The Kier molecular flexibility index (Phi) is 1.63. The fourth-order valence-corrected chi connectivity index (χ4v) is 0.966. The van der Waals surface area contributed by atoms with E-state index in [0.29, 0.717) is 0 Å². The topological polar surface area (TPSA) is 36.1 Å². The summed E-state index contributed by atoms with van der Waals surface area (Å²) < 4.78 is 0. The average Bonchev–Trinajstić information content (AvgIpc) is 2.19. The number of nitrogens with zero attached hydrogens (tertiary/aromatic N) is 2. The van der Waals surface area contributed by atoms with E-state index < -0.39 is 0 Å². The lowest BCUT2D eigenvalue weighted by Gasteiger charge is -1.82. The number of nitriles is 1. The molecule has 0 aliphatic heterocycles. The Morgan fingerprint density at radius 2 is 2.00 bits per heavy atom. The zero-order valence-corrected chi connectivity index (χ0v) is 4.72. The molecule has 2 heteroatoms. The highest BCUT2D eigenvalue weighted by Gasteiger charge is 2.06. The van der Waals surface area contributed by atoms with E-state index in [0.717, 1.165) is 18.6 Å². The Labute approximate surface area is 48.8 Å². The minimum Gasteiger partial charge on any atom is -0.183 e. The monoisotopic (exact) mass is 108 g/mol. The van der Waals surface area contributed by atoms with Gasteiger partial charge in [-0.15, -0.1) is 0 Å². The molecule has 1 aliphatic rings. The van der Waals surface area contributed by atoms with Crippen molar-refractivity contribution in [2.75, 3.05) is 0 Å². The van der Waals surface area contributed by atoms with E-state index in [4.69, 9.17) is 5.26 Å². The standard InChI is InChI=1S/C6H8N2/c7-5-8-6-3-1-2-4-6/h1-4H2. The Hall–Kier alpha value is -0.840. The second-order valence-electron chi connectivity index (χ2n) is 1.99. The Bertz CT molecular complexity index is 133. The Morgan fingerprint density at radius 1 is 1.38 bits per heavy atom. The molecule has 1 aliphatic carbocycles. The molecule has 0 radical (unpaired) electrons. The molecule has 0 aromatic heterocycles. The van der Waals surface area contributed by atoms with Crippen molar-refractivity contribution in [2.24, 2.45) is 4.99 Å². The van der Waals surface area contributed by atoms with Crippen LogP contribution in [0.3, 0.4) is 0 Å². The molecule has 0 spiro atoms. The van der Waals surface area contributed by atoms with Crippen molar-refractivity contribution in [1.29, 1.82) is 5.26 Å². The fourth-order valence-electron chi connectivity index (χ4n) is 0.966. The van der Waals surface area contributed by atoms with Gasteiger partial charge in [0.05, 0.1) is 0 Å². The summed E-state index contributed by atoms with van der Waals surface area (Å²) in [6.07, 6.45) is 6.34. The van der Waals surface area contributed by atoms with E-state index in [9.17, 15) is 0 Å². The first-order valence-electron chi connectivity index (χ1n) is 2.88. The van der Waals surface area contributed by atoms with Gasteiger partial charge in [-0.1, -0.05) is 0 Å². The van der Waals surface area contributed by atoms with Gasteiger partial charge in [0.25, 0.3) is 0 Å². The Balaban J connectivity index is 2.48. The van der Waals surface area contributed by atoms with Crippen molar-refractivity contribution < 1.29 is 0 Å². The lowest BCUT2D eigenvalue weighted by atomic mass is 10.3. The lowest BCUT2D eigenvalue weighted by Crippen LogP contribution is -1.84. The van der Waals surface area contributed by atoms with Gasteiger partial charge < -0.3 is 0 Å². The summed E-state index contributed by atoms with van der Waals surface area (Å²) in [6, 6.07) is 0. The fraction of sp³-hybridized carbons (Fsp3) is 0.667. The summed E-state index contributed by atoms with van der Waals surface area (Å²) >= 11 is 0. The first-order chi connectivity index (χ1) is 3.93. The molecule has 0 unspecified atom stereocenters. The quantitative estimate of drug-likeness (QED) is 0.433. The predicted molar refractivity (Wildman–Crippen MR) is 31.5 cm³/mol. The largest absolute Gasteiger partial charge is 0.205 e. The van der Waals surface area contributed by atoms with E-state index in [1.807, 2.05) is 0 Å². The summed E-state index contributed by atoms with van der Waals surface area (Å²) in [5, 5.41) is 8.09. The summed E-state index contributed by atoms with van der Waals surface area (Å²) in [4.78, 5) is 3.65. The molecule has 0 aromatic rings. The van der Waals surface area contributed by atoms with Crippen LogP contribution in [0.25, 0.3) is 0 Å². The van der Waals surface area contributed by atoms with Gasteiger partial charge in [0.15, 0.2) is 0 Å². The van der Waals surface area contributed by atoms with Crippen LogP contribution in [0, 0.1) is 11.5 Å². The molecule has 2 nitrogen and oxygen atoms in total. The van der Waals surface area contributed by atoms with Crippen LogP contribution in [0.5, 0.6) is 0 Å². The second kappa shape index (κ2) is 2.46. The van der Waals surface area contributed by atoms with Gasteiger partial charge in [-0.3, -0.25) is 0 Å². The molecule has 1 rings (SSSR count). The van der Waals surface area contributed by atoms with E-state index in [1.165, 1.54) is 12.8 Å². The first kappa shape index (κ1) is 5.30. The smallest absolute Gasteiger partial charge is 0.183 e. The normalized spacial score (nSPS) is 18.1. The number of aliphatic imine (C=N–C) groups is 1. The third-order valence-electron chi connectivity index (χ3n) is 1.39. The number of hydrogen-bond acceptors (Lipinski definition) is 2. The SMILES string of the molecule is N#CN=C1CCCC1. The van der Waals surface area contributed by atoms with Crippen molar-refractivity contribution in [1.82, 2.24) is 0 Å². The molecule has 0 N–H and O–H groups in total. The van der Waals surface area contributed by atoms with Crippen molar-refractivity contribution in [2.45, 2.75) is 25.7 Å². The van der Waals surface area contributed by atoms with E-state index in [2.05, 4.69) is 4.99 Å². The van der Waals surface area contributed by atoms with Crippen LogP contribution >= 0.6 is 0 Å². The summed E-state index contributed by atoms with van der Waals surface area (Å²) in [5.41, 5.74) is 1.09. The first-order valence-corrected chi connectivity index (χ1v) is 2.88. The highest BCUT2D eigenvalue weighted by molar-refractivity contribution is 5.86. The summed E-state index contributed by atoms with van der Waals surface area (Å²) in [5.74, 6) is 0. The highest BCUT2D eigenvalue weighted by Crippen LogP contribution is 2.13. The molecule has 0 atom stereocenters. The lowest BCUT2D eigenvalue weighted by molar-refractivity contribution is 0.886. The van der Waals surface area contributed by atoms with Crippen LogP contribution < -0.4 is 0 Å². The zero-order valence-electron chi connectivity index (χ0n) is 4.72. The maximum absolute atomic E-state index is 8.09. The van der Waals surface area contributed by atoms with Gasteiger partial charge in [0.1, 0.15) is 0 Å². The van der Waals surface area contributed by atoms with Gasteiger partial charge in [-0.05, 0) is 25.7 Å². The van der Waals surface area contributed by atoms with Crippen molar-refractivity contribution in [3.8, 4) is 6.19 Å². The highest BCUT2D eigenvalue weighted by atomic mass is 14.7. The zero-order chi connectivity index (χ0) is 5.82. The summed E-state index contributed by atoms with van der Waals surface area (Å²) in [7, 11) is 0.